The van der Waals surface area contributed by atoms with E-state index in [4.69, 9.17) is 5.11 Å². The molecule has 4 nitrogen and oxygen atoms in total. The fourth-order valence-electron chi connectivity index (χ4n) is 2.55. The van der Waals surface area contributed by atoms with E-state index in [9.17, 15) is 0 Å². The summed E-state index contributed by atoms with van der Waals surface area (Å²) in [5.74, 6) is 1.06. The Morgan fingerprint density at radius 1 is 0.900 bits per heavy atom. The summed E-state index contributed by atoms with van der Waals surface area (Å²) in [6.07, 6.45) is 1.84. The summed E-state index contributed by atoms with van der Waals surface area (Å²) in [5.41, 5.74) is 2.18. The first-order chi connectivity index (χ1) is 9.86. The number of anilines is 2. The maximum absolute atomic E-state index is 9.07. The zero-order valence-corrected chi connectivity index (χ0v) is 11.4. The fourth-order valence-corrected chi connectivity index (χ4v) is 2.55. The summed E-state index contributed by atoms with van der Waals surface area (Å²) < 4.78 is 0. The molecule has 2 aromatic rings. The molecule has 0 spiro atoms. The summed E-state index contributed by atoms with van der Waals surface area (Å²) in [6.45, 7) is 4.06. The van der Waals surface area contributed by atoms with Crippen molar-refractivity contribution in [2.45, 2.75) is 6.61 Å². The third-order valence-electron chi connectivity index (χ3n) is 3.74. The van der Waals surface area contributed by atoms with Crippen molar-refractivity contribution in [3.8, 4) is 0 Å². The Morgan fingerprint density at radius 3 is 2.20 bits per heavy atom. The molecule has 0 aliphatic carbocycles. The molecule has 0 atom stereocenters. The summed E-state index contributed by atoms with van der Waals surface area (Å²) >= 11 is 0. The van der Waals surface area contributed by atoms with E-state index in [0.717, 1.165) is 37.6 Å². The van der Waals surface area contributed by atoms with Crippen LogP contribution in [-0.2, 0) is 6.61 Å². The Morgan fingerprint density at radius 2 is 1.60 bits per heavy atom. The van der Waals surface area contributed by atoms with Gasteiger partial charge in [0.1, 0.15) is 5.82 Å². The SMILES string of the molecule is OCc1ccc(N2CCN(c3ccccn3)CC2)cc1. The number of hydrogen-bond acceptors (Lipinski definition) is 4. The van der Waals surface area contributed by atoms with Crippen LogP contribution in [0.5, 0.6) is 0 Å². The van der Waals surface area contributed by atoms with E-state index in [1.54, 1.807) is 0 Å². The largest absolute Gasteiger partial charge is 0.392 e. The minimum absolute atomic E-state index is 0.105. The molecule has 1 aromatic heterocycles. The highest BCUT2D eigenvalue weighted by Gasteiger charge is 2.17. The van der Waals surface area contributed by atoms with E-state index in [0.29, 0.717) is 0 Å². The number of pyridine rings is 1. The minimum Gasteiger partial charge on any atom is -0.392 e. The zero-order chi connectivity index (χ0) is 13.8. The smallest absolute Gasteiger partial charge is 0.128 e. The molecule has 1 aliphatic heterocycles. The van der Waals surface area contributed by atoms with Crippen LogP contribution in [0.2, 0.25) is 0 Å². The molecule has 20 heavy (non-hydrogen) atoms. The Kier molecular flexibility index (Phi) is 3.83. The number of piperazine rings is 1. The summed E-state index contributed by atoms with van der Waals surface area (Å²) in [6, 6.07) is 14.2. The molecule has 0 amide bonds. The van der Waals surface area contributed by atoms with Gasteiger partial charge in [-0.3, -0.25) is 0 Å². The highest BCUT2D eigenvalue weighted by Crippen LogP contribution is 2.19. The predicted molar refractivity (Wildman–Crippen MR) is 81.0 cm³/mol. The van der Waals surface area contributed by atoms with Gasteiger partial charge in [0.25, 0.3) is 0 Å². The van der Waals surface area contributed by atoms with Crippen LogP contribution < -0.4 is 9.80 Å². The lowest BCUT2D eigenvalue weighted by molar-refractivity contribution is 0.282. The van der Waals surface area contributed by atoms with Crippen LogP contribution in [-0.4, -0.2) is 36.3 Å². The van der Waals surface area contributed by atoms with Crippen molar-refractivity contribution in [3.63, 3.8) is 0 Å². The average Bonchev–Trinajstić information content (AvgIpc) is 2.56. The number of aromatic nitrogens is 1. The Hall–Kier alpha value is -2.07. The van der Waals surface area contributed by atoms with Crippen LogP contribution in [0.25, 0.3) is 0 Å². The highest BCUT2D eigenvalue weighted by molar-refractivity contribution is 5.50. The van der Waals surface area contributed by atoms with E-state index in [-0.39, 0.29) is 6.61 Å². The standard InChI is InChI=1S/C16H19N3O/c20-13-14-4-6-15(7-5-14)18-9-11-19(12-10-18)16-3-1-2-8-17-16/h1-8,20H,9-13H2. The van der Waals surface area contributed by atoms with E-state index in [1.807, 2.05) is 30.5 Å². The molecule has 4 heteroatoms. The van der Waals surface area contributed by atoms with Crippen molar-refractivity contribution in [2.24, 2.45) is 0 Å². The lowest BCUT2D eigenvalue weighted by atomic mass is 10.2. The van der Waals surface area contributed by atoms with Crippen LogP contribution in [0, 0.1) is 0 Å². The maximum atomic E-state index is 9.07. The summed E-state index contributed by atoms with van der Waals surface area (Å²) in [5, 5.41) is 9.07. The van der Waals surface area contributed by atoms with Crippen molar-refractivity contribution in [1.82, 2.24) is 4.98 Å². The minimum atomic E-state index is 0.105. The second-order valence-electron chi connectivity index (χ2n) is 4.99. The molecule has 104 valence electrons. The molecule has 1 aliphatic rings. The monoisotopic (exact) mass is 269 g/mol. The number of aliphatic hydroxyl groups is 1. The van der Waals surface area contributed by atoms with Gasteiger partial charge in [-0.2, -0.15) is 0 Å². The first-order valence-corrected chi connectivity index (χ1v) is 6.97. The molecule has 0 saturated carbocycles. The normalized spacial score (nSPS) is 15.4. The molecule has 0 bridgehead atoms. The quantitative estimate of drug-likeness (QED) is 0.924. The topological polar surface area (TPSA) is 39.6 Å². The zero-order valence-electron chi connectivity index (χ0n) is 11.4. The van der Waals surface area contributed by atoms with E-state index in [2.05, 4.69) is 33.0 Å². The van der Waals surface area contributed by atoms with Gasteiger partial charge in [-0.1, -0.05) is 18.2 Å². The van der Waals surface area contributed by atoms with Crippen LogP contribution >= 0.6 is 0 Å². The first-order valence-electron chi connectivity index (χ1n) is 6.97. The summed E-state index contributed by atoms with van der Waals surface area (Å²) in [4.78, 5) is 9.10. The van der Waals surface area contributed by atoms with Crippen molar-refractivity contribution in [2.75, 3.05) is 36.0 Å². The second-order valence-corrected chi connectivity index (χ2v) is 4.99. The highest BCUT2D eigenvalue weighted by atomic mass is 16.3. The lowest BCUT2D eigenvalue weighted by Gasteiger charge is -2.36. The van der Waals surface area contributed by atoms with Gasteiger partial charge in [0.2, 0.25) is 0 Å². The van der Waals surface area contributed by atoms with Crippen molar-refractivity contribution in [1.29, 1.82) is 0 Å². The summed E-state index contributed by atoms with van der Waals surface area (Å²) in [7, 11) is 0. The molecule has 1 saturated heterocycles. The van der Waals surface area contributed by atoms with Crippen LogP contribution in [0.15, 0.2) is 48.7 Å². The van der Waals surface area contributed by atoms with Gasteiger partial charge in [-0.15, -0.1) is 0 Å². The number of benzene rings is 1. The van der Waals surface area contributed by atoms with Crippen molar-refractivity contribution in [3.05, 3.63) is 54.2 Å². The first kappa shape index (κ1) is 12.9. The van der Waals surface area contributed by atoms with Gasteiger partial charge < -0.3 is 14.9 Å². The molecule has 1 N–H and O–H groups in total. The number of aliphatic hydroxyl groups excluding tert-OH is 1. The van der Waals surface area contributed by atoms with Crippen LogP contribution in [0.3, 0.4) is 0 Å². The van der Waals surface area contributed by atoms with Crippen LogP contribution in [0.4, 0.5) is 11.5 Å². The predicted octanol–water partition coefficient (Wildman–Crippen LogP) is 1.90. The van der Waals surface area contributed by atoms with Crippen LogP contribution in [0.1, 0.15) is 5.56 Å². The van der Waals surface area contributed by atoms with Gasteiger partial charge in [-0.05, 0) is 29.8 Å². The molecule has 0 unspecified atom stereocenters. The number of nitrogens with zero attached hydrogens (tertiary/aromatic N) is 3. The molecule has 1 aromatic carbocycles. The Balaban J connectivity index is 1.63. The third-order valence-corrected chi connectivity index (χ3v) is 3.74. The second kappa shape index (κ2) is 5.92. The molecule has 1 fully saturated rings. The Bertz CT molecular complexity index is 533. The van der Waals surface area contributed by atoms with Crippen molar-refractivity contribution < 1.29 is 5.11 Å². The molecule has 2 heterocycles. The number of rotatable bonds is 3. The molecule has 0 radical (unpaired) electrons. The van der Waals surface area contributed by atoms with Gasteiger partial charge >= 0.3 is 0 Å². The van der Waals surface area contributed by atoms with Gasteiger partial charge in [0.05, 0.1) is 6.61 Å². The van der Waals surface area contributed by atoms with E-state index >= 15 is 0 Å². The maximum Gasteiger partial charge on any atom is 0.128 e. The molecular formula is C16H19N3O. The number of hydrogen-bond donors (Lipinski definition) is 1. The van der Waals surface area contributed by atoms with E-state index < -0.39 is 0 Å². The van der Waals surface area contributed by atoms with Gasteiger partial charge in [-0.25, -0.2) is 4.98 Å². The average molecular weight is 269 g/mol. The van der Waals surface area contributed by atoms with E-state index in [1.165, 1.54) is 5.69 Å². The van der Waals surface area contributed by atoms with Gasteiger partial charge in [0, 0.05) is 38.1 Å². The van der Waals surface area contributed by atoms with Crippen molar-refractivity contribution >= 4 is 11.5 Å². The van der Waals surface area contributed by atoms with Gasteiger partial charge in [0.15, 0.2) is 0 Å². The molecular weight excluding hydrogens is 250 g/mol. The lowest BCUT2D eigenvalue weighted by Crippen LogP contribution is -2.46. The third kappa shape index (κ3) is 2.75. The fraction of sp³-hybridized carbons (Fsp3) is 0.312. The Labute approximate surface area is 119 Å². The molecule has 3 rings (SSSR count).